The average Bonchev–Trinajstić information content (AvgIpc) is 2.97. The average molecular weight is 518 g/mol. The Bertz CT molecular complexity index is 1750. The first-order valence-electron chi connectivity index (χ1n) is 12.1. The van der Waals surface area contributed by atoms with E-state index < -0.39 is 5.97 Å². The van der Waals surface area contributed by atoms with Gasteiger partial charge in [-0.2, -0.15) is 0 Å². The van der Waals surface area contributed by atoms with Gasteiger partial charge in [-0.1, -0.05) is 24.3 Å². The summed E-state index contributed by atoms with van der Waals surface area (Å²) >= 11 is 0. The van der Waals surface area contributed by atoms with Crippen LogP contribution in [0.1, 0.15) is 27.2 Å². The first kappa shape index (κ1) is 25.2. The van der Waals surface area contributed by atoms with Gasteiger partial charge in [0.2, 0.25) is 5.91 Å². The third kappa shape index (κ3) is 5.78. The van der Waals surface area contributed by atoms with E-state index in [2.05, 4.69) is 20.3 Å². The van der Waals surface area contributed by atoms with Gasteiger partial charge in [0.1, 0.15) is 11.2 Å². The second-order valence-electron chi connectivity index (χ2n) is 8.57. The lowest BCUT2D eigenvalue weighted by Crippen LogP contribution is -2.25. The fourth-order valence-electron chi connectivity index (χ4n) is 4.04. The van der Waals surface area contributed by atoms with Crippen molar-refractivity contribution < 1.29 is 14.3 Å². The molecule has 2 aromatic carbocycles. The van der Waals surface area contributed by atoms with Crippen LogP contribution in [0.3, 0.4) is 0 Å². The van der Waals surface area contributed by atoms with Gasteiger partial charge in [0.15, 0.2) is 5.65 Å². The number of nitrogens with one attached hydrogen (secondary N) is 1. The van der Waals surface area contributed by atoms with Gasteiger partial charge in [-0.25, -0.2) is 14.8 Å². The summed E-state index contributed by atoms with van der Waals surface area (Å²) in [6, 6.07) is 20.9. The molecule has 0 bridgehead atoms. The van der Waals surface area contributed by atoms with Gasteiger partial charge in [-0.3, -0.25) is 19.1 Å². The molecule has 0 radical (unpaired) electrons. The number of pyridine rings is 2. The summed E-state index contributed by atoms with van der Waals surface area (Å²) in [4.78, 5) is 50.9. The number of esters is 1. The van der Waals surface area contributed by atoms with Crippen molar-refractivity contribution in [1.82, 2.24) is 19.5 Å². The van der Waals surface area contributed by atoms with E-state index >= 15 is 0 Å². The Balaban J connectivity index is 1.41. The molecular weight excluding hydrogens is 494 g/mol. The molecular formula is C30H23N5O4. The number of amides is 1. The van der Waals surface area contributed by atoms with Gasteiger partial charge in [-0.05, 0) is 65.7 Å². The highest BCUT2D eigenvalue weighted by molar-refractivity contribution is 6.02. The van der Waals surface area contributed by atoms with E-state index in [1.54, 1.807) is 85.3 Å². The second-order valence-corrected chi connectivity index (χ2v) is 8.57. The van der Waals surface area contributed by atoms with Crippen molar-refractivity contribution in [3.05, 3.63) is 130 Å². The molecule has 0 aliphatic carbocycles. The molecule has 192 valence electrons. The van der Waals surface area contributed by atoms with E-state index in [9.17, 15) is 14.4 Å². The maximum Gasteiger partial charge on any atom is 0.337 e. The highest BCUT2D eigenvalue weighted by Gasteiger charge is 2.15. The number of rotatable bonds is 7. The smallest absolute Gasteiger partial charge is 0.337 e. The van der Waals surface area contributed by atoms with Crippen LogP contribution in [0.5, 0.6) is 0 Å². The Morgan fingerprint density at radius 1 is 1.00 bits per heavy atom. The molecule has 5 aromatic rings. The number of carbonyl (C=O) groups excluding carboxylic acids is 2. The highest BCUT2D eigenvalue weighted by atomic mass is 16.5. The minimum absolute atomic E-state index is 0.302. The number of nitrogens with zero attached hydrogens (tertiary/aromatic N) is 4. The lowest BCUT2D eigenvalue weighted by atomic mass is 10.1. The number of benzene rings is 2. The zero-order valence-electron chi connectivity index (χ0n) is 20.9. The topological polar surface area (TPSA) is 116 Å². The molecule has 0 saturated carbocycles. The van der Waals surface area contributed by atoms with Crippen molar-refractivity contribution in [1.29, 1.82) is 0 Å². The van der Waals surface area contributed by atoms with Gasteiger partial charge >= 0.3 is 5.97 Å². The van der Waals surface area contributed by atoms with Crippen LogP contribution in [-0.2, 0) is 16.0 Å². The summed E-state index contributed by atoms with van der Waals surface area (Å²) in [5, 5.41) is 2.82. The first-order valence-corrected chi connectivity index (χ1v) is 12.1. The van der Waals surface area contributed by atoms with E-state index in [4.69, 9.17) is 4.74 Å². The standard InChI is InChI=1S/C30H23N5O4/c1-39-30(38)22-12-9-20(10-13-22)11-14-27(36)33-23-6-2-7-24(18-23)35-28-25(8-4-16-32-28)34-26(29(35)37)17-21-5-3-15-31-19-21/h2-16,18-19H,17H2,1H3,(H,33,36)/b14-11+. The summed E-state index contributed by atoms with van der Waals surface area (Å²) in [6.07, 6.45) is 8.33. The number of aromatic nitrogens is 4. The van der Waals surface area contributed by atoms with Crippen molar-refractivity contribution in [3.8, 4) is 5.69 Å². The van der Waals surface area contributed by atoms with Crippen LogP contribution in [-0.4, -0.2) is 38.5 Å². The summed E-state index contributed by atoms with van der Waals surface area (Å²) < 4.78 is 6.20. The van der Waals surface area contributed by atoms with E-state index in [1.165, 1.54) is 17.8 Å². The molecule has 39 heavy (non-hydrogen) atoms. The fraction of sp³-hybridized carbons (Fsp3) is 0.0667. The number of anilines is 1. The molecule has 0 aliphatic heterocycles. The first-order chi connectivity index (χ1) is 19.0. The molecule has 0 spiro atoms. The molecule has 1 amide bonds. The Morgan fingerprint density at radius 2 is 1.82 bits per heavy atom. The molecule has 0 aliphatic rings. The van der Waals surface area contributed by atoms with Crippen LogP contribution in [0, 0.1) is 0 Å². The van der Waals surface area contributed by atoms with E-state index in [0.717, 1.165) is 11.1 Å². The Hall–Kier alpha value is -5.44. The quantitative estimate of drug-likeness (QED) is 0.254. The summed E-state index contributed by atoms with van der Waals surface area (Å²) in [6.45, 7) is 0. The number of fused-ring (bicyclic) bond motifs is 1. The molecule has 1 N–H and O–H groups in total. The largest absolute Gasteiger partial charge is 0.465 e. The minimum Gasteiger partial charge on any atom is -0.465 e. The van der Waals surface area contributed by atoms with Gasteiger partial charge in [0, 0.05) is 36.8 Å². The highest BCUT2D eigenvalue weighted by Crippen LogP contribution is 2.18. The van der Waals surface area contributed by atoms with E-state index in [1.807, 2.05) is 12.1 Å². The number of ether oxygens (including phenoxy) is 1. The summed E-state index contributed by atoms with van der Waals surface area (Å²) in [5.74, 6) is -0.782. The van der Waals surface area contributed by atoms with E-state index in [-0.39, 0.29) is 11.5 Å². The van der Waals surface area contributed by atoms with Crippen LogP contribution in [0.15, 0.2) is 102 Å². The Labute approximate surface area is 223 Å². The van der Waals surface area contributed by atoms with Gasteiger partial charge in [0.25, 0.3) is 5.56 Å². The van der Waals surface area contributed by atoms with E-state index in [0.29, 0.717) is 40.2 Å². The predicted molar refractivity (Wildman–Crippen MR) is 148 cm³/mol. The molecule has 9 heteroatoms. The van der Waals surface area contributed by atoms with Crippen LogP contribution < -0.4 is 10.9 Å². The lowest BCUT2D eigenvalue weighted by Gasteiger charge is -2.13. The van der Waals surface area contributed by atoms with Gasteiger partial charge in [-0.15, -0.1) is 0 Å². The molecule has 3 heterocycles. The molecule has 0 fully saturated rings. The van der Waals surface area contributed by atoms with Gasteiger partial charge < -0.3 is 10.1 Å². The second kappa shape index (κ2) is 11.3. The molecule has 9 nitrogen and oxygen atoms in total. The minimum atomic E-state index is -0.427. The number of carbonyl (C=O) groups is 2. The predicted octanol–water partition coefficient (Wildman–Crippen LogP) is 4.21. The lowest BCUT2D eigenvalue weighted by molar-refractivity contribution is -0.111. The van der Waals surface area contributed by atoms with Gasteiger partial charge in [0.05, 0.1) is 18.4 Å². The number of hydrogen-bond acceptors (Lipinski definition) is 7. The summed E-state index contributed by atoms with van der Waals surface area (Å²) in [5.41, 5.74) is 4.13. The van der Waals surface area contributed by atoms with Crippen LogP contribution in [0.2, 0.25) is 0 Å². The van der Waals surface area contributed by atoms with Crippen molar-refractivity contribution in [2.75, 3.05) is 12.4 Å². The number of hydrogen-bond donors (Lipinski definition) is 1. The third-order valence-electron chi connectivity index (χ3n) is 5.91. The van der Waals surface area contributed by atoms with Crippen LogP contribution in [0.4, 0.5) is 5.69 Å². The molecule has 5 rings (SSSR count). The zero-order valence-corrected chi connectivity index (χ0v) is 20.9. The van der Waals surface area contributed by atoms with Crippen molar-refractivity contribution in [2.45, 2.75) is 6.42 Å². The van der Waals surface area contributed by atoms with Crippen molar-refractivity contribution >= 4 is 34.8 Å². The number of methoxy groups -OCH3 is 1. The maximum atomic E-state index is 13.6. The Morgan fingerprint density at radius 3 is 2.59 bits per heavy atom. The Kier molecular flexibility index (Phi) is 7.31. The molecule has 0 unspecified atom stereocenters. The fourth-order valence-corrected chi connectivity index (χ4v) is 4.04. The maximum absolute atomic E-state index is 13.6. The SMILES string of the molecule is COC(=O)c1ccc(/C=C/C(=O)Nc2cccc(-n3c(=O)c(Cc4cccnc4)nc4cccnc43)c2)cc1. The van der Waals surface area contributed by atoms with Crippen molar-refractivity contribution in [2.24, 2.45) is 0 Å². The zero-order chi connectivity index (χ0) is 27.2. The summed E-state index contributed by atoms with van der Waals surface area (Å²) in [7, 11) is 1.32. The normalized spacial score (nSPS) is 11.0. The van der Waals surface area contributed by atoms with Crippen molar-refractivity contribution in [3.63, 3.8) is 0 Å². The monoisotopic (exact) mass is 517 g/mol. The van der Waals surface area contributed by atoms with Crippen LogP contribution in [0.25, 0.3) is 22.9 Å². The third-order valence-corrected chi connectivity index (χ3v) is 5.91. The molecule has 0 atom stereocenters. The molecule has 0 saturated heterocycles. The van der Waals surface area contributed by atoms with Crippen LogP contribution >= 0.6 is 0 Å². The molecule has 3 aromatic heterocycles.